The Hall–Kier alpha value is -1.65. The standard InChI is InChI=1S/C17H25N3O2/c1-10-13(14(21)19-16(18-10)17(2,3)4)15(22)20-8-11-6-5-7-12(11)9-20/h11-12H,5-9H2,1-4H3,(H,18,19,21)/t11-,12-/m0/s1. The molecule has 1 N–H and O–H groups in total. The van der Waals surface area contributed by atoms with Gasteiger partial charge in [0, 0.05) is 18.5 Å². The Morgan fingerprint density at radius 3 is 2.32 bits per heavy atom. The minimum Gasteiger partial charge on any atom is -0.338 e. The Labute approximate surface area is 131 Å². The summed E-state index contributed by atoms with van der Waals surface area (Å²) in [5.41, 5.74) is 0.207. The van der Waals surface area contributed by atoms with Crippen molar-refractivity contribution >= 4 is 5.91 Å². The van der Waals surface area contributed by atoms with Gasteiger partial charge < -0.3 is 9.88 Å². The first kappa shape index (κ1) is 15.3. The van der Waals surface area contributed by atoms with E-state index < -0.39 is 0 Å². The van der Waals surface area contributed by atoms with E-state index in [2.05, 4.69) is 9.97 Å². The van der Waals surface area contributed by atoms with Gasteiger partial charge in [0.15, 0.2) is 0 Å². The molecule has 1 aromatic rings. The summed E-state index contributed by atoms with van der Waals surface area (Å²) in [7, 11) is 0. The third kappa shape index (κ3) is 2.57. The number of likely N-dealkylation sites (tertiary alicyclic amines) is 1. The average Bonchev–Trinajstić information content (AvgIpc) is 2.96. The third-order valence-electron chi connectivity index (χ3n) is 5.04. The van der Waals surface area contributed by atoms with Crippen LogP contribution in [0.15, 0.2) is 4.79 Å². The van der Waals surface area contributed by atoms with Gasteiger partial charge in [-0.2, -0.15) is 0 Å². The van der Waals surface area contributed by atoms with E-state index in [1.165, 1.54) is 19.3 Å². The van der Waals surface area contributed by atoms with Crippen molar-refractivity contribution in [2.24, 2.45) is 11.8 Å². The molecule has 1 saturated carbocycles. The van der Waals surface area contributed by atoms with E-state index >= 15 is 0 Å². The normalized spacial score (nSPS) is 24.6. The summed E-state index contributed by atoms with van der Waals surface area (Å²) in [5.74, 6) is 1.74. The fourth-order valence-corrected chi connectivity index (χ4v) is 3.75. The Bertz CT molecular complexity index is 645. The van der Waals surface area contributed by atoms with Crippen molar-refractivity contribution in [3.05, 3.63) is 27.4 Å². The Kier molecular flexibility index (Phi) is 3.62. The van der Waals surface area contributed by atoms with Crippen molar-refractivity contribution in [1.29, 1.82) is 0 Å². The molecule has 1 aliphatic carbocycles. The number of rotatable bonds is 1. The minimum atomic E-state index is -0.306. The zero-order chi connectivity index (χ0) is 16.1. The second-order valence-electron chi connectivity index (χ2n) is 7.79. The number of hydrogen-bond acceptors (Lipinski definition) is 3. The predicted molar refractivity (Wildman–Crippen MR) is 85.0 cm³/mol. The smallest absolute Gasteiger partial charge is 0.264 e. The summed E-state index contributed by atoms with van der Waals surface area (Å²) in [4.78, 5) is 34.3. The number of fused-ring (bicyclic) bond motifs is 1. The number of aromatic amines is 1. The lowest BCUT2D eigenvalue weighted by Gasteiger charge is -2.21. The van der Waals surface area contributed by atoms with Crippen LogP contribution in [0, 0.1) is 18.8 Å². The third-order valence-corrected chi connectivity index (χ3v) is 5.04. The summed E-state index contributed by atoms with van der Waals surface area (Å²) >= 11 is 0. The molecule has 0 unspecified atom stereocenters. The molecule has 1 aromatic heterocycles. The predicted octanol–water partition coefficient (Wildman–Crippen LogP) is 2.25. The van der Waals surface area contributed by atoms with Crippen molar-refractivity contribution in [2.75, 3.05) is 13.1 Å². The fourth-order valence-electron chi connectivity index (χ4n) is 3.75. The number of H-pyrrole nitrogens is 1. The molecular weight excluding hydrogens is 278 g/mol. The lowest BCUT2D eigenvalue weighted by Crippen LogP contribution is -2.36. The van der Waals surface area contributed by atoms with Crippen LogP contribution in [0.2, 0.25) is 0 Å². The van der Waals surface area contributed by atoms with Crippen LogP contribution < -0.4 is 5.56 Å². The van der Waals surface area contributed by atoms with Gasteiger partial charge in [-0.3, -0.25) is 9.59 Å². The number of aromatic nitrogens is 2. The SMILES string of the molecule is Cc1nc(C(C)(C)C)[nH]c(=O)c1C(=O)N1C[C@@H]2CCC[C@H]2C1. The van der Waals surface area contributed by atoms with Crippen LogP contribution in [-0.4, -0.2) is 33.9 Å². The molecule has 120 valence electrons. The molecule has 3 rings (SSSR count). The summed E-state index contributed by atoms with van der Waals surface area (Å²) in [6, 6.07) is 0. The molecule has 0 spiro atoms. The minimum absolute atomic E-state index is 0.152. The van der Waals surface area contributed by atoms with Gasteiger partial charge in [0.25, 0.3) is 11.5 Å². The summed E-state index contributed by atoms with van der Waals surface area (Å²) in [5, 5.41) is 0. The van der Waals surface area contributed by atoms with Gasteiger partial charge in [0.1, 0.15) is 11.4 Å². The van der Waals surface area contributed by atoms with E-state index in [0.29, 0.717) is 23.4 Å². The maximum Gasteiger partial charge on any atom is 0.264 e. The molecule has 2 atom stereocenters. The Balaban J connectivity index is 1.89. The molecule has 2 fully saturated rings. The first-order chi connectivity index (χ1) is 10.3. The second-order valence-corrected chi connectivity index (χ2v) is 7.79. The lowest BCUT2D eigenvalue weighted by atomic mass is 9.95. The van der Waals surface area contributed by atoms with E-state index in [1.807, 2.05) is 25.7 Å². The molecule has 0 aromatic carbocycles. The van der Waals surface area contributed by atoms with Gasteiger partial charge in [-0.15, -0.1) is 0 Å². The van der Waals surface area contributed by atoms with Crippen LogP contribution in [0.5, 0.6) is 0 Å². The van der Waals surface area contributed by atoms with E-state index in [-0.39, 0.29) is 22.4 Å². The van der Waals surface area contributed by atoms with E-state index in [9.17, 15) is 9.59 Å². The molecule has 5 heteroatoms. The molecule has 1 amide bonds. The maximum absolute atomic E-state index is 12.7. The maximum atomic E-state index is 12.7. The average molecular weight is 303 g/mol. The number of aryl methyl sites for hydroxylation is 1. The number of carbonyl (C=O) groups excluding carboxylic acids is 1. The molecule has 1 saturated heterocycles. The van der Waals surface area contributed by atoms with Gasteiger partial charge in [-0.1, -0.05) is 27.2 Å². The first-order valence-electron chi connectivity index (χ1n) is 8.18. The van der Waals surface area contributed by atoms with Crippen molar-refractivity contribution in [3.8, 4) is 0 Å². The summed E-state index contributed by atoms with van der Waals surface area (Å²) in [6.07, 6.45) is 3.70. The number of amides is 1. The van der Waals surface area contributed by atoms with Crippen LogP contribution in [0.25, 0.3) is 0 Å². The second kappa shape index (κ2) is 5.21. The molecular formula is C17H25N3O2. The monoisotopic (exact) mass is 303 g/mol. The van der Waals surface area contributed by atoms with Crippen LogP contribution in [0.4, 0.5) is 0 Å². The van der Waals surface area contributed by atoms with E-state index in [0.717, 1.165) is 13.1 Å². The van der Waals surface area contributed by atoms with Crippen molar-refractivity contribution in [1.82, 2.24) is 14.9 Å². The van der Waals surface area contributed by atoms with Crippen molar-refractivity contribution in [3.63, 3.8) is 0 Å². The number of hydrogen-bond donors (Lipinski definition) is 1. The molecule has 5 nitrogen and oxygen atoms in total. The molecule has 2 heterocycles. The number of nitrogens with one attached hydrogen (secondary N) is 1. The quantitative estimate of drug-likeness (QED) is 0.865. The van der Waals surface area contributed by atoms with E-state index in [4.69, 9.17) is 0 Å². The summed E-state index contributed by atoms with van der Waals surface area (Å²) in [6.45, 7) is 9.33. The van der Waals surface area contributed by atoms with Crippen molar-refractivity contribution in [2.45, 2.75) is 52.4 Å². The zero-order valence-electron chi connectivity index (χ0n) is 13.9. The highest BCUT2D eigenvalue weighted by molar-refractivity contribution is 5.95. The molecule has 2 aliphatic rings. The molecule has 0 bridgehead atoms. The fraction of sp³-hybridized carbons (Fsp3) is 0.706. The Morgan fingerprint density at radius 2 is 1.82 bits per heavy atom. The lowest BCUT2D eigenvalue weighted by molar-refractivity contribution is 0.0777. The highest BCUT2D eigenvalue weighted by atomic mass is 16.2. The van der Waals surface area contributed by atoms with Crippen LogP contribution in [0.1, 0.15) is 61.9 Å². The van der Waals surface area contributed by atoms with Crippen LogP contribution >= 0.6 is 0 Å². The number of nitrogens with zero attached hydrogens (tertiary/aromatic N) is 2. The van der Waals surface area contributed by atoms with Gasteiger partial charge >= 0.3 is 0 Å². The van der Waals surface area contributed by atoms with Crippen LogP contribution in [0.3, 0.4) is 0 Å². The first-order valence-corrected chi connectivity index (χ1v) is 8.18. The number of carbonyl (C=O) groups is 1. The topological polar surface area (TPSA) is 66.1 Å². The Morgan fingerprint density at radius 1 is 1.23 bits per heavy atom. The van der Waals surface area contributed by atoms with Gasteiger partial charge in [0.05, 0.1) is 5.69 Å². The summed E-state index contributed by atoms with van der Waals surface area (Å²) < 4.78 is 0. The van der Waals surface area contributed by atoms with Crippen molar-refractivity contribution < 1.29 is 4.79 Å². The molecule has 22 heavy (non-hydrogen) atoms. The molecule has 0 radical (unpaired) electrons. The highest BCUT2D eigenvalue weighted by Gasteiger charge is 2.39. The highest BCUT2D eigenvalue weighted by Crippen LogP contribution is 2.38. The largest absolute Gasteiger partial charge is 0.338 e. The van der Waals surface area contributed by atoms with Gasteiger partial charge in [0.2, 0.25) is 0 Å². The molecule has 1 aliphatic heterocycles. The van der Waals surface area contributed by atoms with Gasteiger partial charge in [-0.25, -0.2) is 4.98 Å². The van der Waals surface area contributed by atoms with Gasteiger partial charge in [-0.05, 0) is 31.6 Å². The zero-order valence-corrected chi connectivity index (χ0v) is 13.9. The van der Waals surface area contributed by atoms with E-state index in [1.54, 1.807) is 6.92 Å². The van der Waals surface area contributed by atoms with Crippen LogP contribution in [-0.2, 0) is 5.41 Å².